The van der Waals surface area contributed by atoms with Gasteiger partial charge in [-0.1, -0.05) is 0 Å². The molecule has 0 N–H and O–H groups in total. The molecule has 0 unspecified atom stereocenters. The van der Waals surface area contributed by atoms with Crippen molar-refractivity contribution in [2.75, 3.05) is 7.11 Å². The van der Waals surface area contributed by atoms with Crippen LogP contribution in [0.25, 0.3) is 0 Å². The highest BCUT2D eigenvalue weighted by atomic mass is 79.9. The Morgan fingerprint density at radius 2 is 1.74 bits per heavy atom. The molecule has 0 radical (unpaired) electrons. The van der Waals surface area contributed by atoms with Gasteiger partial charge in [0.1, 0.15) is 5.56 Å². The summed E-state index contributed by atoms with van der Waals surface area (Å²) in [6.45, 7) is 0. The van der Waals surface area contributed by atoms with Crippen LogP contribution in [0, 0.1) is 0 Å². The molecule has 0 saturated heterocycles. The number of rotatable bonds is 3. The van der Waals surface area contributed by atoms with Crippen LogP contribution in [0.4, 0.5) is 26.3 Å². The molecule has 0 atom stereocenters. The summed E-state index contributed by atoms with van der Waals surface area (Å²) in [5, 5.41) is 0. The van der Waals surface area contributed by atoms with E-state index < -0.39 is 49.4 Å². The second-order valence-corrected chi connectivity index (χ2v) is 6.04. The van der Waals surface area contributed by atoms with Gasteiger partial charge in [0, 0.05) is 4.47 Å². The predicted octanol–water partition coefficient (Wildman–Crippen LogP) is 2.88. The van der Waals surface area contributed by atoms with E-state index >= 15 is 0 Å². The highest BCUT2D eigenvalue weighted by Gasteiger charge is 2.50. The van der Waals surface area contributed by atoms with E-state index in [4.69, 9.17) is 0 Å². The number of alkyl halides is 6. The van der Waals surface area contributed by atoms with Crippen molar-refractivity contribution >= 4 is 32.0 Å². The van der Waals surface area contributed by atoms with Gasteiger partial charge in [0.15, 0.2) is 5.69 Å². The molecule has 0 saturated carbocycles. The van der Waals surface area contributed by atoms with E-state index in [-0.39, 0.29) is 0 Å². The van der Waals surface area contributed by atoms with Gasteiger partial charge in [-0.25, -0.2) is 9.78 Å². The molecule has 0 amide bonds. The van der Waals surface area contributed by atoms with E-state index in [1.165, 1.54) is 0 Å². The molecule has 130 valence electrons. The Balaban J connectivity index is 3.58. The second-order valence-electron chi connectivity index (χ2n) is 3.64. The summed E-state index contributed by atoms with van der Waals surface area (Å²) in [6, 6.07) is 0.378. The Kier molecular flexibility index (Phi) is 5.20. The molecule has 0 fully saturated rings. The van der Waals surface area contributed by atoms with Crippen LogP contribution in [0.1, 0.15) is 16.1 Å². The van der Waals surface area contributed by atoms with Gasteiger partial charge in [-0.3, -0.25) is 0 Å². The number of methoxy groups -OCH3 is 1. The van der Waals surface area contributed by atoms with Crippen LogP contribution in [0.5, 0.6) is 5.88 Å². The molecule has 1 aromatic rings. The highest BCUT2D eigenvalue weighted by Crippen LogP contribution is 2.37. The third kappa shape index (κ3) is 4.25. The van der Waals surface area contributed by atoms with E-state index in [1.54, 1.807) is 0 Å². The minimum atomic E-state index is -6.34. The van der Waals surface area contributed by atoms with Gasteiger partial charge in [-0.15, -0.1) is 0 Å². The molecular formula is C9H4BrF6NO5S. The average molecular weight is 432 g/mol. The van der Waals surface area contributed by atoms with Gasteiger partial charge in [-0.2, -0.15) is 34.8 Å². The first kappa shape index (κ1) is 19.5. The lowest BCUT2D eigenvalue weighted by Gasteiger charge is -2.14. The van der Waals surface area contributed by atoms with Crippen LogP contribution in [0.3, 0.4) is 0 Å². The van der Waals surface area contributed by atoms with Crippen LogP contribution in [-0.4, -0.2) is 32.0 Å². The lowest BCUT2D eigenvalue weighted by Crippen LogP contribution is -2.29. The Hall–Kier alpha value is -1.57. The summed E-state index contributed by atoms with van der Waals surface area (Å²) in [5.41, 5.74) is -8.79. The van der Waals surface area contributed by atoms with E-state index in [0.29, 0.717) is 6.07 Å². The largest absolute Gasteiger partial charge is 0.534 e. The molecule has 0 aromatic carbocycles. The zero-order valence-corrected chi connectivity index (χ0v) is 13.0. The van der Waals surface area contributed by atoms with Crippen LogP contribution >= 0.6 is 15.9 Å². The lowest BCUT2D eigenvalue weighted by atomic mass is 10.2. The molecule has 0 spiro atoms. The summed E-state index contributed by atoms with van der Waals surface area (Å²) in [4.78, 5) is 14.0. The standard InChI is InChI=1S/C9H4BrF6NO5S/c1-21-7(18)3-2-4(10)5(8(11,12)13)17-6(3)22-23(19,20)9(14,15)16/h2H,1H3. The third-order valence-electron chi connectivity index (χ3n) is 2.09. The van der Waals surface area contributed by atoms with E-state index in [2.05, 4.69) is 29.8 Å². The number of carbonyl (C=O) groups excluding carboxylic acids is 1. The quantitative estimate of drug-likeness (QED) is 0.316. The van der Waals surface area contributed by atoms with Crippen LogP contribution in [-0.2, 0) is 21.0 Å². The number of pyridine rings is 1. The lowest BCUT2D eigenvalue weighted by molar-refractivity contribution is -0.142. The zero-order valence-electron chi connectivity index (χ0n) is 10.6. The SMILES string of the molecule is COC(=O)c1cc(Br)c(C(F)(F)F)nc1OS(=O)(=O)C(F)(F)F. The van der Waals surface area contributed by atoms with Crippen LogP contribution < -0.4 is 4.18 Å². The highest BCUT2D eigenvalue weighted by molar-refractivity contribution is 9.10. The fourth-order valence-electron chi connectivity index (χ4n) is 1.14. The summed E-state index contributed by atoms with van der Waals surface area (Å²) in [7, 11) is -5.58. The fourth-order valence-corrected chi connectivity index (χ4v) is 2.11. The Labute approximate surface area is 132 Å². The van der Waals surface area contributed by atoms with Crippen molar-refractivity contribution in [2.45, 2.75) is 11.7 Å². The molecule has 0 aliphatic carbocycles. The van der Waals surface area contributed by atoms with Gasteiger partial charge in [0.25, 0.3) is 0 Å². The van der Waals surface area contributed by atoms with Gasteiger partial charge in [0.2, 0.25) is 5.88 Å². The summed E-state index contributed by atoms with van der Waals surface area (Å²) >= 11 is 2.42. The Morgan fingerprint density at radius 1 is 1.22 bits per heavy atom. The fraction of sp³-hybridized carbons (Fsp3) is 0.333. The van der Waals surface area contributed by atoms with Gasteiger partial charge >= 0.3 is 27.8 Å². The van der Waals surface area contributed by atoms with E-state index in [9.17, 15) is 39.6 Å². The number of hydrogen-bond donors (Lipinski definition) is 0. The summed E-state index contributed by atoms with van der Waals surface area (Å²) in [5.74, 6) is -3.18. The molecule has 14 heteroatoms. The van der Waals surface area contributed by atoms with Crippen molar-refractivity contribution in [1.29, 1.82) is 0 Å². The molecule has 0 aliphatic rings. The number of hydrogen-bond acceptors (Lipinski definition) is 6. The summed E-state index contributed by atoms with van der Waals surface area (Å²) < 4.78 is 103. The van der Waals surface area contributed by atoms with Crippen molar-refractivity contribution in [3.05, 3.63) is 21.8 Å². The molecule has 1 rings (SSSR count). The molecular weight excluding hydrogens is 428 g/mol. The summed E-state index contributed by atoms with van der Waals surface area (Å²) in [6.07, 6.45) is -5.16. The first-order valence-electron chi connectivity index (χ1n) is 5.07. The number of ether oxygens (including phenoxy) is 1. The number of aromatic nitrogens is 1. The molecule has 1 heterocycles. The monoisotopic (exact) mass is 431 g/mol. The molecule has 0 bridgehead atoms. The molecule has 23 heavy (non-hydrogen) atoms. The Bertz CT molecular complexity index is 729. The molecule has 1 aromatic heterocycles. The zero-order chi connectivity index (χ0) is 18.2. The maximum absolute atomic E-state index is 12.7. The van der Waals surface area contributed by atoms with Crippen LogP contribution in [0.15, 0.2) is 10.5 Å². The number of halogens is 7. The van der Waals surface area contributed by atoms with Crippen molar-refractivity contribution in [3.63, 3.8) is 0 Å². The van der Waals surface area contributed by atoms with Gasteiger partial charge in [0.05, 0.1) is 7.11 Å². The minimum absolute atomic E-state index is 0.378. The van der Waals surface area contributed by atoms with Gasteiger partial charge in [-0.05, 0) is 22.0 Å². The van der Waals surface area contributed by atoms with Crippen molar-refractivity contribution in [3.8, 4) is 5.88 Å². The topological polar surface area (TPSA) is 82.6 Å². The molecule has 6 nitrogen and oxygen atoms in total. The minimum Gasteiger partial charge on any atom is -0.465 e. The maximum atomic E-state index is 12.7. The average Bonchev–Trinajstić information content (AvgIpc) is 2.36. The maximum Gasteiger partial charge on any atom is 0.534 e. The van der Waals surface area contributed by atoms with Crippen molar-refractivity contribution in [1.82, 2.24) is 4.98 Å². The van der Waals surface area contributed by atoms with E-state index in [1.807, 2.05) is 0 Å². The van der Waals surface area contributed by atoms with Crippen molar-refractivity contribution < 1.29 is 48.5 Å². The van der Waals surface area contributed by atoms with Gasteiger partial charge < -0.3 is 8.92 Å². The van der Waals surface area contributed by atoms with Crippen LogP contribution in [0.2, 0.25) is 0 Å². The number of nitrogens with zero attached hydrogens (tertiary/aromatic N) is 1. The predicted molar refractivity (Wildman–Crippen MR) is 63.9 cm³/mol. The Morgan fingerprint density at radius 3 is 2.13 bits per heavy atom. The van der Waals surface area contributed by atoms with Crippen molar-refractivity contribution in [2.24, 2.45) is 0 Å². The van der Waals surface area contributed by atoms with E-state index in [0.717, 1.165) is 7.11 Å². The first-order valence-corrected chi connectivity index (χ1v) is 7.27. The smallest absolute Gasteiger partial charge is 0.465 e. The number of esters is 1. The number of carbonyl (C=O) groups is 1. The normalized spacial score (nSPS) is 12.9. The second kappa shape index (κ2) is 6.14. The molecule has 0 aliphatic heterocycles. The first-order chi connectivity index (χ1) is 10.2. The third-order valence-corrected chi connectivity index (χ3v) is 3.64.